The molecule has 0 aromatic carbocycles. The average Bonchev–Trinajstić information content (AvgIpc) is 2.08. The Hall–Kier alpha value is -1.32. The molecule has 1 rings (SSSR count). The maximum absolute atomic E-state index is 11.1. The topological polar surface area (TPSA) is 52.6 Å². The van der Waals surface area contributed by atoms with Crippen molar-refractivity contribution in [3.8, 4) is 0 Å². The molecule has 72 valence electrons. The molecule has 1 fully saturated rings. The highest BCUT2D eigenvalue weighted by molar-refractivity contribution is 5.87. The molecule has 1 saturated heterocycles. The highest BCUT2D eigenvalue weighted by Crippen LogP contribution is 2.13. The van der Waals surface area contributed by atoms with Crippen LogP contribution in [0.3, 0.4) is 0 Å². The zero-order chi connectivity index (χ0) is 9.84. The minimum absolute atomic E-state index is 0.162. The Morgan fingerprint density at radius 3 is 2.85 bits per heavy atom. The third kappa shape index (κ3) is 2.57. The minimum atomic E-state index is -0.356. The summed E-state index contributed by atoms with van der Waals surface area (Å²) in [5.41, 5.74) is 0.561. The Kier molecular flexibility index (Phi) is 3.06. The van der Waals surface area contributed by atoms with E-state index < -0.39 is 0 Å². The first-order valence-electron chi connectivity index (χ1n) is 4.13. The van der Waals surface area contributed by atoms with Gasteiger partial charge in [0.2, 0.25) is 0 Å². The predicted molar refractivity (Wildman–Crippen MR) is 44.9 cm³/mol. The van der Waals surface area contributed by atoms with Gasteiger partial charge in [-0.3, -0.25) is 4.79 Å². The van der Waals surface area contributed by atoms with Crippen molar-refractivity contribution in [3.63, 3.8) is 0 Å². The molecule has 0 saturated carbocycles. The van der Waals surface area contributed by atoms with Crippen LogP contribution in [0.1, 0.15) is 20.3 Å². The quantitative estimate of drug-likeness (QED) is 0.481. The second-order valence-electron chi connectivity index (χ2n) is 2.89. The second-order valence-corrected chi connectivity index (χ2v) is 2.89. The van der Waals surface area contributed by atoms with Crippen LogP contribution in [0.15, 0.2) is 11.6 Å². The van der Waals surface area contributed by atoms with Gasteiger partial charge in [0.05, 0.1) is 6.42 Å². The molecular weight excluding hydrogens is 172 g/mol. The van der Waals surface area contributed by atoms with Gasteiger partial charge in [-0.25, -0.2) is 4.79 Å². The fourth-order valence-corrected chi connectivity index (χ4v) is 0.855. The molecule has 0 spiro atoms. The van der Waals surface area contributed by atoms with E-state index in [0.29, 0.717) is 12.0 Å². The number of hydrogen-bond acceptors (Lipinski definition) is 4. The Balaban J connectivity index is 2.19. The lowest BCUT2D eigenvalue weighted by molar-refractivity contribution is -0.177. The molecule has 0 aliphatic carbocycles. The fourth-order valence-electron chi connectivity index (χ4n) is 0.855. The van der Waals surface area contributed by atoms with Crippen molar-refractivity contribution in [2.24, 2.45) is 0 Å². The van der Waals surface area contributed by atoms with Gasteiger partial charge in [-0.05, 0) is 13.8 Å². The minimum Gasteiger partial charge on any atom is -0.458 e. The fraction of sp³-hybridized carbons (Fsp3) is 0.556. The van der Waals surface area contributed by atoms with Crippen molar-refractivity contribution in [1.82, 2.24) is 0 Å². The molecule has 0 aromatic rings. The molecule has 4 heteroatoms. The Morgan fingerprint density at radius 2 is 2.38 bits per heavy atom. The van der Waals surface area contributed by atoms with E-state index in [4.69, 9.17) is 4.74 Å². The van der Waals surface area contributed by atoms with Crippen molar-refractivity contribution in [2.45, 2.75) is 26.4 Å². The van der Waals surface area contributed by atoms with Crippen LogP contribution in [0.25, 0.3) is 0 Å². The van der Waals surface area contributed by atoms with Crippen LogP contribution in [-0.2, 0) is 19.1 Å². The summed E-state index contributed by atoms with van der Waals surface area (Å²) in [5, 5.41) is 0. The monoisotopic (exact) mass is 184 g/mol. The smallest absolute Gasteiger partial charge is 0.333 e. The summed E-state index contributed by atoms with van der Waals surface area (Å²) in [5.74, 6) is -0.589. The third-order valence-electron chi connectivity index (χ3n) is 1.85. The van der Waals surface area contributed by atoms with E-state index in [1.165, 1.54) is 0 Å². The van der Waals surface area contributed by atoms with E-state index in [9.17, 15) is 9.59 Å². The first kappa shape index (κ1) is 9.77. The molecule has 0 N–H and O–H groups in total. The summed E-state index contributed by atoms with van der Waals surface area (Å²) in [6, 6.07) is 0. The van der Waals surface area contributed by atoms with Gasteiger partial charge >= 0.3 is 11.9 Å². The van der Waals surface area contributed by atoms with Crippen LogP contribution in [0.2, 0.25) is 0 Å². The highest BCUT2D eigenvalue weighted by Gasteiger charge is 2.29. The molecule has 0 bridgehead atoms. The summed E-state index contributed by atoms with van der Waals surface area (Å²) >= 11 is 0. The lowest BCUT2D eigenvalue weighted by atomic mass is 10.2. The van der Waals surface area contributed by atoms with Crippen molar-refractivity contribution in [1.29, 1.82) is 0 Å². The molecule has 0 radical (unpaired) electrons. The van der Waals surface area contributed by atoms with Gasteiger partial charge in [0.25, 0.3) is 0 Å². The summed E-state index contributed by atoms with van der Waals surface area (Å²) in [7, 11) is 0. The third-order valence-corrected chi connectivity index (χ3v) is 1.85. The molecule has 4 nitrogen and oxygen atoms in total. The van der Waals surface area contributed by atoms with Crippen LogP contribution in [0.4, 0.5) is 0 Å². The molecule has 1 heterocycles. The van der Waals surface area contributed by atoms with Gasteiger partial charge < -0.3 is 9.47 Å². The van der Waals surface area contributed by atoms with Crippen molar-refractivity contribution in [2.75, 3.05) is 6.61 Å². The van der Waals surface area contributed by atoms with Gasteiger partial charge in [-0.15, -0.1) is 0 Å². The largest absolute Gasteiger partial charge is 0.458 e. The maximum atomic E-state index is 11.1. The number of ether oxygens (including phenoxy) is 2. The first-order chi connectivity index (χ1) is 6.13. The van der Waals surface area contributed by atoms with Gasteiger partial charge in [0, 0.05) is 5.57 Å². The Labute approximate surface area is 76.5 Å². The average molecular weight is 184 g/mol. The number of hydrogen-bond donors (Lipinski definition) is 0. The zero-order valence-electron chi connectivity index (χ0n) is 7.70. The summed E-state index contributed by atoms with van der Waals surface area (Å²) < 4.78 is 9.53. The number of allylic oxidation sites excluding steroid dienone is 1. The van der Waals surface area contributed by atoms with Crippen molar-refractivity contribution >= 4 is 11.9 Å². The number of carbonyl (C=O) groups excluding carboxylic acids is 2. The normalized spacial score (nSPS) is 21.8. The number of carbonyl (C=O) groups is 2. The van der Waals surface area contributed by atoms with Gasteiger partial charge in [0.1, 0.15) is 12.7 Å². The lowest BCUT2D eigenvalue weighted by Gasteiger charge is -2.24. The van der Waals surface area contributed by atoms with Crippen LogP contribution < -0.4 is 0 Å². The van der Waals surface area contributed by atoms with E-state index in [0.717, 1.165) is 0 Å². The summed E-state index contributed by atoms with van der Waals surface area (Å²) in [4.78, 5) is 21.4. The van der Waals surface area contributed by atoms with Crippen LogP contribution in [-0.4, -0.2) is 24.6 Å². The molecular formula is C9H12O4. The van der Waals surface area contributed by atoms with Gasteiger partial charge in [-0.1, -0.05) is 6.08 Å². The first-order valence-corrected chi connectivity index (χ1v) is 4.13. The summed E-state index contributed by atoms with van der Waals surface area (Å²) in [6.45, 7) is 3.60. The van der Waals surface area contributed by atoms with E-state index in [2.05, 4.69) is 4.74 Å². The van der Waals surface area contributed by atoms with Gasteiger partial charge in [0.15, 0.2) is 0 Å². The molecule has 1 atom stereocenters. The maximum Gasteiger partial charge on any atom is 0.333 e. The molecule has 1 unspecified atom stereocenters. The SMILES string of the molecule is C/C=C(\C)C(=O)OCC1CC(=O)O1. The number of rotatable bonds is 3. The number of esters is 2. The molecule has 1 aliphatic rings. The van der Waals surface area contributed by atoms with E-state index in [1.807, 2.05) is 0 Å². The highest BCUT2D eigenvalue weighted by atomic mass is 16.6. The standard InChI is InChI=1S/C9H12O4/c1-3-6(2)9(11)12-5-7-4-8(10)13-7/h3,7H,4-5H2,1-2H3/b6-3+. The van der Waals surface area contributed by atoms with E-state index in [-0.39, 0.29) is 24.6 Å². The van der Waals surface area contributed by atoms with E-state index >= 15 is 0 Å². The van der Waals surface area contributed by atoms with Crippen LogP contribution >= 0.6 is 0 Å². The predicted octanol–water partition coefficient (Wildman–Crippen LogP) is 0.811. The molecule has 0 amide bonds. The van der Waals surface area contributed by atoms with Crippen molar-refractivity contribution in [3.05, 3.63) is 11.6 Å². The van der Waals surface area contributed by atoms with Gasteiger partial charge in [-0.2, -0.15) is 0 Å². The van der Waals surface area contributed by atoms with Crippen LogP contribution in [0, 0.1) is 0 Å². The van der Waals surface area contributed by atoms with Crippen LogP contribution in [0.5, 0.6) is 0 Å². The lowest BCUT2D eigenvalue weighted by Crippen LogP contribution is -2.37. The van der Waals surface area contributed by atoms with Crippen molar-refractivity contribution < 1.29 is 19.1 Å². The Morgan fingerprint density at radius 1 is 1.77 bits per heavy atom. The molecule has 0 aromatic heterocycles. The molecule has 13 heavy (non-hydrogen) atoms. The molecule has 1 aliphatic heterocycles. The summed E-state index contributed by atoms with van der Waals surface area (Å²) in [6.07, 6.45) is 1.79. The van der Waals surface area contributed by atoms with E-state index in [1.54, 1.807) is 19.9 Å². The number of cyclic esters (lactones) is 1. The Bertz CT molecular complexity index is 246. The zero-order valence-corrected chi connectivity index (χ0v) is 7.70. The second kappa shape index (κ2) is 4.07.